The molecule has 6 nitrogen and oxygen atoms in total. The van der Waals surface area contributed by atoms with E-state index in [1.165, 1.54) is 43.7 Å². The number of benzene rings is 2. The van der Waals surface area contributed by atoms with E-state index in [2.05, 4.69) is 34.3 Å². The highest BCUT2D eigenvalue weighted by Crippen LogP contribution is 2.36. The zero-order valence-electron chi connectivity index (χ0n) is 22.3. The van der Waals surface area contributed by atoms with Gasteiger partial charge in [0, 0.05) is 5.56 Å². The maximum atomic E-state index is 13.8. The van der Waals surface area contributed by atoms with E-state index in [0.717, 1.165) is 11.1 Å². The zero-order chi connectivity index (χ0) is 28.4. The summed E-state index contributed by atoms with van der Waals surface area (Å²) in [5, 5.41) is 13.0. The first-order valence-electron chi connectivity index (χ1n) is 13.3. The van der Waals surface area contributed by atoms with Gasteiger partial charge in [-0.05, 0) is 73.6 Å². The van der Waals surface area contributed by atoms with Crippen LogP contribution >= 0.6 is 0 Å². The van der Waals surface area contributed by atoms with Gasteiger partial charge in [0.05, 0.1) is 11.9 Å². The SMILES string of the molecule is Cc1cc(-c2cc(C)ccc2OCc2ccc(C3CCCCC3)cc2)nc(-n2ncc(C(=O)O)c2C(F)(F)F)c1. The van der Waals surface area contributed by atoms with Gasteiger partial charge in [-0.15, -0.1) is 0 Å². The standard InChI is InChI=1S/C31H30F3N3O3/c1-19-8-13-27(40-18-21-9-11-23(12-10-21)22-6-4-3-5-7-22)24(14-19)26-15-20(2)16-28(36-26)37-29(31(32,33)34)25(17-35-37)30(38)39/h8-17,22H,3-7,18H2,1-2H3,(H,38,39). The van der Waals surface area contributed by atoms with Crippen LogP contribution in [0.25, 0.3) is 17.1 Å². The molecule has 2 heterocycles. The molecule has 1 aliphatic rings. The Hall–Kier alpha value is -4.14. The minimum Gasteiger partial charge on any atom is -0.488 e. The molecule has 2 aromatic heterocycles. The van der Waals surface area contributed by atoms with Crippen molar-refractivity contribution in [3.63, 3.8) is 0 Å². The van der Waals surface area contributed by atoms with Crippen LogP contribution in [-0.2, 0) is 12.8 Å². The van der Waals surface area contributed by atoms with Gasteiger partial charge in [0.1, 0.15) is 17.9 Å². The van der Waals surface area contributed by atoms with Gasteiger partial charge in [-0.25, -0.2) is 14.5 Å². The summed E-state index contributed by atoms with van der Waals surface area (Å²) in [5.41, 5.74) is 2.60. The molecule has 0 saturated heterocycles. The lowest BCUT2D eigenvalue weighted by atomic mass is 9.84. The summed E-state index contributed by atoms with van der Waals surface area (Å²) in [7, 11) is 0. The third kappa shape index (κ3) is 5.88. The molecule has 5 rings (SSSR count). The van der Waals surface area contributed by atoms with E-state index in [1.807, 2.05) is 25.1 Å². The molecule has 2 aromatic carbocycles. The summed E-state index contributed by atoms with van der Waals surface area (Å²) in [6, 6.07) is 17.3. The Morgan fingerprint density at radius 2 is 1.73 bits per heavy atom. The largest absolute Gasteiger partial charge is 0.488 e. The van der Waals surface area contributed by atoms with Gasteiger partial charge in [0.25, 0.3) is 0 Å². The Morgan fingerprint density at radius 1 is 1.00 bits per heavy atom. The molecule has 9 heteroatoms. The van der Waals surface area contributed by atoms with Gasteiger partial charge in [-0.2, -0.15) is 18.3 Å². The fraction of sp³-hybridized carbons (Fsp3) is 0.323. The lowest BCUT2D eigenvalue weighted by molar-refractivity contribution is -0.143. The van der Waals surface area contributed by atoms with Crippen molar-refractivity contribution in [1.29, 1.82) is 0 Å². The number of aromatic nitrogens is 3. The highest BCUT2D eigenvalue weighted by Gasteiger charge is 2.41. The van der Waals surface area contributed by atoms with Crippen LogP contribution < -0.4 is 4.74 Å². The van der Waals surface area contributed by atoms with Crippen LogP contribution in [0.1, 0.15) is 76.3 Å². The first-order chi connectivity index (χ1) is 19.1. The van der Waals surface area contributed by atoms with Crippen LogP contribution in [0.4, 0.5) is 13.2 Å². The highest BCUT2D eigenvalue weighted by atomic mass is 19.4. The second kappa shape index (κ2) is 11.2. The predicted molar refractivity (Wildman–Crippen MR) is 145 cm³/mol. The average molecular weight is 550 g/mol. The smallest absolute Gasteiger partial charge is 0.434 e. The van der Waals surface area contributed by atoms with Gasteiger partial charge in [0.15, 0.2) is 11.5 Å². The minimum atomic E-state index is -4.94. The van der Waals surface area contributed by atoms with Crippen molar-refractivity contribution in [2.24, 2.45) is 0 Å². The van der Waals surface area contributed by atoms with Crippen LogP contribution in [0, 0.1) is 13.8 Å². The first kappa shape index (κ1) is 27.4. The number of rotatable bonds is 7. The third-order valence-corrected chi connectivity index (χ3v) is 7.30. The molecule has 208 valence electrons. The van der Waals surface area contributed by atoms with Crippen molar-refractivity contribution < 1.29 is 27.8 Å². The molecule has 1 aliphatic carbocycles. The van der Waals surface area contributed by atoms with Gasteiger partial charge in [-0.3, -0.25) is 0 Å². The Labute approximate surface area is 230 Å². The van der Waals surface area contributed by atoms with Gasteiger partial charge >= 0.3 is 12.1 Å². The molecular weight excluding hydrogens is 519 g/mol. The van der Waals surface area contributed by atoms with Gasteiger partial charge in [0.2, 0.25) is 0 Å². The van der Waals surface area contributed by atoms with E-state index in [0.29, 0.717) is 46.0 Å². The lowest BCUT2D eigenvalue weighted by Crippen LogP contribution is -2.18. The van der Waals surface area contributed by atoms with E-state index >= 15 is 0 Å². The number of aryl methyl sites for hydroxylation is 2. The normalized spacial score (nSPS) is 14.3. The summed E-state index contributed by atoms with van der Waals surface area (Å²) in [4.78, 5) is 15.9. The fourth-order valence-corrected chi connectivity index (χ4v) is 5.30. The van der Waals surface area contributed by atoms with Crippen molar-refractivity contribution in [1.82, 2.24) is 14.8 Å². The number of carbonyl (C=O) groups is 1. The number of carboxylic acid groups (broad SMARTS) is 1. The Bertz CT molecular complexity index is 1520. The van der Waals surface area contributed by atoms with E-state index < -0.39 is 23.4 Å². The highest BCUT2D eigenvalue weighted by molar-refractivity contribution is 5.89. The van der Waals surface area contributed by atoms with E-state index in [4.69, 9.17) is 4.74 Å². The minimum absolute atomic E-state index is 0.138. The summed E-state index contributed by atoms with van der Waals surface area (Å²) < 4.78 is 48.3. The van der Waals surface area contributed by atoms with Crippen LogP contribution in [0.2, 0.25) is 0 Å². The molecule has 1 fully saturated rings. The number of alkyl halides is 3. The second-order valence-electron chi connectivity index (χ2n) is 10.4. The molecule has 0 amide bonds. The molecule has 4 aromatic rings. The van der Waals surface area contributed by atoms with Crippen LogP contribution in [-0.4, -0.2) is 25.8 Å². The molecular formula is C31H30F3N3O3. The quantitative estimate of drug-likeness (QED) is 0.254. The molecule has 0 aliphatic heterocycles. The molecule has 0 atom stereocenters. The zero-order valence-corrected chi connectivity index (χ0v) is 22.3. The van der Waals surface area contributed by atoms with Crippen molar-refractivity contribution in [2.75, 3.05) is 0 Å². The molecule has 0 bridgehead atoms. The number of ether oxygens (including phenoxy) is 1. The Morgan fingerprint density at radius 3 is 2.40 bits per heavy atom. The van der Waals surface area contributed by atoms with Gasteiger partial charge < -0.3 is 9.84 Å². The number of halogens is 3. The van der Waals surface area contributed by atoms with Gasteiger partial charge in [-0.1, -0.05) is 55.2 Å². The van der Waals surface area contributed by atoms with E-state index in [-0.39, 0.29) is 5.82 Å². The summed E-state index contributed by atoms with van der Waals surface area (Å²) >= 11 is 0. The lowest BCUT2D eigenvalue weighted by Gasteiger charge is -2.22. The average Bonchev–Trinajstić information content (AvgIpc) is 3.40. The molecule has 0 radical (unpaired) electrons. The Kier molecular flexibility index (Phi) is 7.65. The van der Waals surface area contributed by atoms with E-state index in [9.17, 15) is 23.1 Å². The maximum Gasteiger partial charge on any atom is 0.434 e. The molecule has 1 saturated carbocycles. The van der Waals surface area contributed by atoms with E-state index in [1.54, 1.807) is 13.0 Å². The van der Waals surface area contributed by atoms with Crippen LogP contribution in [0.3, 0.4) is 0 Å². The maximum absolute atomic E-state index is 13.8. The third-order valence-electron chi connectivity index (χ3n) is 7.30. The summed E-state index contributed by atoms with van der Waals surface area (Å²) in [6.45, 7) is 3.95. The molecule has 40 heavy (non-hydrogen) atoms. The first-order valence-corrected chi connectivity index (χ1v) is 13.3. The molecule has 0 spiro atoms. The number of carboxylic acids is 1. The molecule has 1 N–H and O–H groups in total. The number of aromatic carboxylic acids is 1. The number of hydrogen-bond donors (Lipinski definition) is 1. The van der Waals surface area contributed by atoms with Crippen molar-refractivity contribution >= 4 is 5.97 Å². The van der Waals surface area contributed by atoms with Crippen molar-refractivity contribution in [3.8, 4) is 22.8 Å². The monoisotopic (exact) mass is 549 g/mol. The Balaban J connectivity index is 1.45. The fourth-order valence-electron chi connectivity index (χ4n) is 5.30. The number of pyridine rings is 1. The van der Waals surface area contributed by atoms with Crippen molar-refractivity contribution in [2.45, 2.75) is 64.7 Å². The summed E-state index contributed by atoms with van der Waals surface area (Å²) in [6.07, 6.45) is 2.07. The molecule has 0 unspecified atom stereocenters. The number of hydrogen-bond acceptors (Lipinski definition) is 4. The van der Waals surface area contributed by atoms with Crippen molar-refractivity contribution in [3.05, 3.63) is 94.3 Å². The summed E-state index contributed by atoms with van der Waals surface area (Å²) in [5.74, 6) is -0.699. The second-order valence-corrected chi connectivity index (χ2v) is 10.4. The predicted octanol–water partition coefficient (Wildman–Crippen LogP) is 7.89. The number of nitrogens with zero attached hydrogens (tertiary/aromatic N) is 3. The topological polar surface area (TPSA) is 77.2 Å². The van der Waals surface area contributed by atoms with Crippen LogP contribution in [0.5, 0.6) is 5.75 Å². The van der Waals surface area contributed by atoms with Crippen LogP contribution in [0.15, 0.2) is 60.8 Å².